The van der Waals surface area contributed by atoms with E-state index in [9.17, 15) is 9.59 Å². The molecule has 0 unspecified atom stereocenters. The zero-order valence-corrected chi connectivity index (χ0v) is 12.9. The highest BCUT2D eigenvalue weighted by molar-refractivity contribution is 9.10. The fraction of sp³-hybridized carbons (Fsp3) is 0.467. The van der Waals surface area contributed by atoms with E-state index in [2.05, 4.69) is 21.2 Å². The van der Waals surface area contributed by atoms with Crippen molar-refractivity contribution in [2.75, 3.05) is 0 Å². The lowest BCUT2D eigenvalue weighted by atomic mass is 10.0. The molecule has 2 rings (SSSR count). The largest absolute Gasteiger partial charge is 0.481 e. The number of halogens is 1. The van der Waals surface area contributed by atoms with Gasteiger partial charge in [-0.15, -0.1) is 0 Å². The summed E-state index contributed by atoms with van der Waals surface area (Å²) in [6.07, 6.45) is 2.54. The molecule has 2 atom stereocenters. The summed E-state index contributed by atoms with van der Waals surface area (Å²) in [4.78, 5) is 23.1. The topological polar surface area (TPSA) is 66.4 Å². The van der Waals surface area contributed by atoms with E-state index in [-0.39, 0.29) is 18.4 Å². The van der Waals surface area contributed by atoms with Crippen LogP contribution in [0.25, 0.3) is 0 Å². The van der Waals surface area contributed by atoms with Gasteiger partial charge in [0.05, 0.1) is 12.3 Å². The second-order valence-electron chi connectivity index (χ2n) is 5.31. The van der Waals surface area contributed by atoms with Crippen LogP contribution in [-0.2, 0) is 16.0 Å². The van der Waals surface area contributed by atoms with Crippen molar-refractivity contribution < 1.29 is 14.7 Å². The second kappa shape index (κ2) is 6.39. The Labute approximate surface area is 126 Å². The third kappa shape index (κ3) is 3.60. The van der Waals surface area contributed by atoms with Crippen LogP contribution in [0.1, 0.15) is 30.4 Å². The molecule has 0 bridgehead atoms. The number of aliphatic carboxylic acids is 1. The number of aryl methyl sites for hydroxylation is 1. The molecule has 0 aliphatic heterocycles. The van der Waals surface area contributed by atoms with Gasteiger partial charge in [-0.1, -0.05) is 34.5 Å². The quantitative estimate of drug-likeness (QED) is 0.886. The SMILES string of the molecule is Cc1ccc(CC(=O)N[C@@H]2CCC[C@@H]2C(=O)O)cc1Br. The van der Waals surface area contributed by atoms with Gasteiger partial charge in [0.2, 0.25) is 5.91 Å². The molecular formula is C15H18BrNO3. The first kappa shape index (κ1) is 15.0. The Balaban J connectivity index is 1.95. The molecule has 5 heteroatoms. The number of carbonyl (C=O) groups is 2. The van der Waals surface area contributed by atoms with E-state index >= 15 is 0 Å². The fourth-order valence-corrected chi connectivity index (χ4v) is 3.04. The van der Waals surface area contributed by atoms with Gasteiger partial charge in [-0.3, -0.25) is 9.59 Å². The van der Waals surface area contributed by atoms with E-state index in [1.54, 1.807) is 0 Å². The maximum absolute atomic E-state index is 12.0. The molecule has 0 aromatic heterocycles. The summed E-state index contributed by atoms with van der Waals surface area (Å²) in [5.41, 5.74) is 2.04. The van der Waals surface area contributed by atoms with Crippen LogP contribution in [0, 0.1) is 12.8 Å². The molecule has 1 saturated carbocycles. The van der Waals surface area contributed by atoms with Crippen molar-refractivity contribution in [2.45, 2.75) is 38.6 Å². The molecule has 1 aliphatic rings. The molecule has 0 saturated heterocycles. The normalized spacial score (nSPS) is 21.7. The molecule has 2 N–H and O–H groups in total. The molecule has 4 nitrogen and oxygen atoms in total. The number of carboxylic acid groups (broad SMARTS) is 1. The Hall–Kier alpha value is -1.36. The first-order chi connectivity index (χ1) is 9.47. The van der Waals surface area contributed by atoms with E-state index in [1.165, 1.54) is 0 Å². The predicted octanol–water partition coefficient (Wildman–Crippen LogP) is 2.67. The third-order valence-electron chi connectivity index (χ3n) is 3.78. The summed E-state index contributed by atoms with van der Waals surface area (Å²) in [7, 11) is 0. The number of hydrogen-bond donors (Lipinski definition) is 2. The van der Waals surface area contributed by atoms with Crippen molar-refractivity contribution in [3.63, 3.8) is 0 Å². The highest BCUT2D eigenvalue weighted by Crippen LogP contribution is 2.26. The van der Waals surface area contributed by atoms with Crippen molar-refractivity contribution in [1.82, 2.24) is 5.32 Å². The zero-order valence-electron chi connectivity index (χ0n) is 11.4. The minimum absolute atomic E-state index is 0.112. The van der Waals surface area contributed by atoms with Crippen LogP contribution >= 0.6 is 15.9 Å². The summed E-state index contributed by atoms with van der Waals surface area (Å²) in [5.74, 6) is -1.37. The second-order valence-corrected chi connectivity index (χ2v) is 6.16. The summed E-state index contributed by atoms with van der Waals surface area (Å²) < 4.78 is 0.979. The number of amides is 1. The van der Waals surface area contributed by atoms with Gasteiger partial charge in [-0.25, -0.2) is 0 Å². The minimum Gasteiger partial charge on any atom is -0.481 e. The zero-order chi connectivity index (χ0) is 14.7. The van der Waals surface area contributed by atoms with Crippen LogP contribution in [0.2, 0.25) is 0 Å². The maximum Gasteiger partial charge on any atom is 0.308 e. The summed E-state index contributed by atoms with van der Waals surface area (Å²) >= 11 is 3.44. The van der Waals surface area contributed by atoms with E-state index in [0.29, 0.717) is 6.42 Å². The number of carbonyl (C=O) groups excluding carboxylic acids is 1. The third-order valence-corrected chi connectivity index (χ3v) is 4.63. The molecule has 108 valence electrons. The lowest BCUT2D eigenvalue weighted by molar-refractivity contribution is -0.142. The molecule has 0 heterocycles. The van der Waals surface area contributed by atoms with Crippen molar-refractivity contribution >= 4 is 27.8 Å². The molecule has 0 radical (unpaired) electrons. The van der Waals surface area contributed by atoms with Gasteiger partial charge in [0.25, 0.3) is 0 Å². The highest BCUT2D eigenvalue weighted by Gasteiger charge is 2.33. The highest BCUT2D eigenvalue weighted by atomic mass is 79.9. The smallest absolute Gasteiger partial charge is 0.308 e. The molecular weight excluding hydrogens is 322 g/mol. The van der Waals surface area contributed by atoms with E-state index < -0.39 is 11.9 Å². The van der Waals surface area contributed by atoms with Gasteiger partial charge < -0.3 is 10.4 Å². The monoisotopic (exact) mass is 339 g/mol. The van der Waals surface area contributed by atoms with E-state index in [1.807, 2.05) is 25.1 Å². The Morgan fingerprint density at radius 2 is 2.15 bits per heavy atom. The van der Waals surface area contributed by atoms with Gasteiger partial charge in [0, 0.05) is 10.5 Å². The van der Waals surface area contributed by atoms with Gasteiger partial charge >= 0.3 is 5.97 Å². The van der Waals surface area contributed by atoms with Crippen LogP contribution in [0.4, 0.5) is 0 Å². The first-order valence-corrected chi connectivity index (χ1v) is 7.54. The van der Waals surface area contributed by atoms with Crippen LogP contribution in [0.3, 0.4) is 0 Å². The predicted molar refractivity (Wildman–Crippen MR) is 79.5 cm³/mol. The Morgan fingerprint density at radius 1 is 1.40 bits per heavy atom. The Kier molecular flexibility index (Phi) is 4.81. The van der Waals surface area contributed by atoms with Crippen LogP contribution in [0.15, 0.2) is 22.7 Å². The Bertz CT molecular complexity index is 530. The maximum atomic E-state index is 12.0. The van der Waals surface area contributed by atoms with Gasteiger partial charge in [0.1, 0.15) is 0 Å². The van der Waals surface area contributed by atoms with Crippen molar-refractivity contribution in [3.8, 4) is 0 Å². The molecule has 1 amide bonds. The average molecular weight is 340 g/mol. The lowest BCUT2D eigenvalue weighted by Gasteiger charge is -2.17. The van der Waals surface area contributed by atoms with Gasteiger partial charge in [-0.2, -0.15) is 0 Å². The number of nitrogens with one attached hydrogen (secondary N) is 1. The number of rotatable bonds is 4. The van der Waals surface area contributed by atoms with Crippen molar-refractivity contribution in [2.24, 2.45) is 5.92 Å². The van der Waals surface area contributed by atoms with Gasteiger partial charge in [0.15, 0.2) is 0 Å². The summed E-state index contributed by atoms with van der Waals surface area (Å²) in [6, 6.07) is 5.58. The molecule has 1 aliphatic carbocycles. The summed E-state index contributed by atoms with van der Waals surface area (Å²) in [6.45, 7) is 1.99. The van der Waals surface area contributed by atoms with Gasteiger partial charge in [-0.05, 0) is 37.0 Å². The number of benzene rings is 1. The molecule has 0 spiro atoms. The van der Waals surface area contributed by atoms with E-state index in [0.717, 1.165) is 28.4 Å². The minimum atomic E-state index is -0.814. The van der Waals surface area contributed by atoms with Crippen LogP contribution < -0.4 is 5.32 Å². The average Bonchev–Trinajstić information content (AvgIpc) is 2.82. The molecule has 20 heavy (non-hydrogen) atoms. The van der Waals surface area contributed by atoms with Crippen molar-refractivity contribution in [3.05, 3.63) is 33.8 Å². The number of carboxylic acids is 1. The lowest BCUT2D eigenvalue weighted by Crippen LogP contribution is -2.40. The Morgan fingerprint density at radius 3 is 2.80 bits per heavy atom. The molecule has 1 fully saturated rings. The van der Waals surface area contributed by atoms with Crippen LogP contribution in [-0.4, -0.2) is 23.0 Å². The molecule has 1 aromatic rings. The standard InChI is InChI=1S/C15H18BrNO3/c1-9-5-6-10(7-12(9)16)8-14(18)17-13-4-2-3-11(13)15(19)20/h5-7,11,13H,2-4,8H2,1H3,(H,17,18)(H,19,20)/t11-,13+/m0/s1. The first-order valence-electron chi connectivity index (χ1n) is 6.74. The van der Waals surface area contributed by atoms with E-state index in [4.69, 9.17) is 5.11 Å². The van der Waals surface area contributed by atoms with Crippen molar-refractivity contribution in [1.29, 1.82) is 0 Å². The number of hydrogen-bond acceptors (Lipinski definition) is 2. The fourth-order valence-electron chi connectivity index (χ4n) is 2.62. The van der Waals surface area contributed by atoms with Crippen LogP contribution in [0.5, 0.6) is 0 Å². The summed E-state index contributed by atoms with van der Waals surface area (Å²) in [5, 5.41) is 12.0. The molecule has 1 aromatic carbocycles.